The maximum absolute atomic E-state index is 10.4. The second-order valence-corrected chi connectivity index (χ2v) is 1.32. The van der Waals surface area contributed by atoms with Gasteiger partial charge in [-0.3, -0.25) is 0 Å². The van der Waals surface area contributed by atoms with Gasteiger partial charge in [-0.25, -0.2) is 4.79 Å². The summed E-state index contributed by atoms with van der Waals surface area (Å²) in [6, 6.07) is 0. The molecule has 0 atom stereocenters. The molecule has 0 aliphatic carbocycles. The zero-order valence-electron chi connectivity index (χ0n) is 6.02. The molecule has 0 bridgehead atoms. The van der Waals surface area contributed by atoms with Crippen LogP contribution in [-0.2, 0) is 29.0 Å². The van der Waals surface area contributed by atoms with Crippen molar-refractivity contribution in [3.8, 4) is 0 Å². The summed E-state index contributed by atoms with van der Waals surface area (Å²) in [6.45, 7) is 8.70. The first-order valence-electron chi connectivity index (χ1n) is 2.36. The maximum Gasteiger partial charge on any atom is 0.333 e. The van der Waals surface area contributed by atoms with Crippen LogP contribution >= 0.6 is 0 Å². The molecule has 0 saturated heterocycles. The zero-order chi connectivity index (χ0) is 6.57. The van der Waals surface area contributed by atoms with E-state index in [1.165, 1.54) is 0 Å². The fraction of sp³-hybridized carbons (Fsp3) is 0.333. The van der Waals surface area contributed by atoms with E-state index in [0.29, 0.717) is 6.61 Å². The first-order chi connectivity index (χ1) is 3.68. The first-order valence-corrected chi connectivity index (χ1v) is 2.36. The Morgan fingerprint density at radius 1 is 1.60 bits per heavy atom. The van der Waals surface area contributed by atoms with Crippen molar-refractivity contribution >= 4 is 5.97 Å². The van der Waals surface area contributed by atoms with Gasteiger partial charge >= 0.3 is 5.97 Å². The van der Waals surface area contributed by atoms with Crippen LogP contribution in [0.4, 0.5) is 0 Å². The molecule has 0 amide bonds. The Bertz CT molecular complexity index is 114. The molecule has 1 radical (unpaired) electrons. The second-order valence-electron chi connectivity index (χ2n) is 1.32. The quantitative estimate of drug-likeness (QED) is 0.323. The van der Waals surface area contributed by atoms with Gasteiger partial charge in [-0.05, 0) is 13.8 Å². The summed E-state index contributed by atoms with van der Waals surface area (Å²) >= 11 is 0. The van der Waals surface area contributed by atoms with Crippen LogP contribution in [0.25, 0.3) is 0 Å². The minimum absolute atomic E-state index is 0. The van der Waals surface area contributed by atoms with Crippen LogP contribution in [0.2, 0.25) is 0 Å². The van der Waals surface area contributed by atoms with Gasteiger partial charge in [0.1, 0.15) is 0 Å². The predicted octanol–water partition coefficient (Wildman–Crippen LogP) is -2.06. The Hall–Kier alpha value is 0.313. The van der Waals surface area contributed by atoms with Gasteiger partial charge in [0.05, 0.1) is 6.61 Å². The van der Waals surface area contributed by atoms with Crippen molar-refractivity contribution in [2.24, 2.45) is 0 Å². The largest absolute Gasteiger partial charge is 1.00 e. The van der Waals surface area contributed by atoms with E-state index < -0.39 is 5.97 Å². The third-order valence-corrected chi connectivity index (χ3v) is 0.564. The number of esters is 1. The summed E-state index contributed by atoms with van der Waals surface area (Å²) in [5.74, 6) is -0.424. The van der Waals surface area contributed by atoms with Gasteiger partial charge in [0.25, 0.3) is 0 Å². The van der Waals surface area contributed by atoms with Crippen molar-refractivity contribution in [2.45, 2.75) is 6.92 Å². The molecule has 2 nitrogen and oxygen atoms in total. The van der Waals surface area contributed by atoms with Crippen LogP contribution in [0, 0.1) is 6.92 Å². The van der Waals surface area contributed by atoms with Gasteiger partial charge in [-0.2, -0.15) is 0 Å². The molecule has 0 rings (SSSR count). The number of carbonyl (C=O) groups is 1. The van der Waals surface area contributed by atoms with Crippen LogP contribution in [0.15, 0.2) is 12.2 Å². The van der Waals surface area contributed by atoms with Gasteiger partial charge in [-0.1, -0.05) is 6.58 Å². The number of halogens is 1. The van der Waals surface area contributed by atoms with E-state index in [1.807, 2.05) is 0 Å². The number of hydrogen-bond acceptors (Lipinski definition) is 2. The molecule has 0 heterocycles. The number of hydrogen-bond donors (Lipinski definition) is 0. The minimum atomic E-state index is -0.424. The Labute approximate surface area is 84.5 Å². The van der Waals surface area contributed by atoms with Crippen LogP contribution in [0.5, 0.6) is 0 Å². The van der Waals surface area contributed by atoms with Crippen molar-refractivity contribution in [3.63, 3.8) is 0 Å². The van der Waals surface area contributed by atoms with Gasteiger partial charge in [-0.15, -0.1) is 0 Å². The molecule has 0 aromatic rings. The average molecular weight is 258 g/mol. The van der Waals surface area contributed by atoms with Crippen LogP contribution < -0.4 is 17.0 Å². The molecule has 10 heavy (non-hydrogen) atoms. The monoisotopic (exact) mass is 256 g/mol. The molecular weight excluding hydrogens is 249 g/mol. The average Bonchev–Trinajstić information content (AvgIpc) is 1.67. The van der Waals surface area contributed by atoms with Crippen molar-refractivity contribution in [1.82, 2.24) is 0 Å². The molecular formula is C6H9BrO2Zn-. The van der Waals surface area contributed by atoms with Gasteiger partial charge in [0, 0.05) is 25.1 Å². The van der Waals surface area contributed by atoms with Crippen LogP contribution in [0.1, 0.15) is 6.92 Å². The molecule has 0 aromatic heterocycles. The molecule has 0 fully saturated rings. The van der Waals surface area contributed by atoms with Gasteiger partial charge in [0.2, 0.25) is 0 Å². The molecule has 0 saturated carbocycles. The van der Waals surface area contributed by atoms with E-state index in [0.717, 1.165) is 0 Å². The Morgan fingerprint density at radius 3 is 2.10 bits per heavy atom. The first kappa shape index (κ1) is 16.7. The van der Waals surface area contributed by atoms with Crippen LogP contribution in [0.3, 0.4) is 0 Å². The van der Waals surface area contributed by atoms with Gasteiger partial charge < -0.3 is 21.7 Å². The van der Waals surface area contributed by atoms with E-state index in [9.17, 15) is 4.79 Å². The topological polar surface area (TPSA) is 26.3 Å². The van der Waals surface area contributed by atoms with Crippen LogP contribution in [-0.4, -0.2) is 12.6 Å². The Balaban J connectivity index is -0.000000245. The molecule has 0 aliphatic heterocycles. The zero-order valence-corrected chi connectivity index (χ0v) is 10.6. The number of carbonyl (C=O) groups excluding carboxylic acids is 1. The van der Waals surface area contributed by atoms with Crippen molar-refractivity contribution < 1.29 is 46.0 Å². The third-order valence-electron chi connectivity index (χ3n) is 0.564. The van der Waals surface area contributed by atoms with Crippen molar-refractivity contribution in [3.05, 3.63) is 19.1 Å². The molecule has 0 unspecified atom stereocenters. The molecule has 4 heteroatoms. The fourth-order valence-electron chi connectivity index (χ4n) is 0.233. The summed E-state index contributed by atoms with van der Waals surface area (Å²) in [6.07, 6.45) is 0. The second kappa shape index (κ2) is 9.31. The summed E-state index contributed by atoms with van der Waals surface area (Å²) in [7, 11) is 0. The third kappa shape index (κ3) is 8.31. The SMILES string of the molecule is [Br-].[CH2]C(=C)C(=O)OCC.[Zn]. The van der Waals surface area contributed by atoms with E-state index >= 15 is 0 Å². The molecule has 55 valence electrons. The summed E-state index contributed by atoms with van der Waals surface area (Å²) in [5.41, 5.74) is 0.201. The molecule has 0 spiro atoms. The van der Waals surface area contributed by atoms with E-state index in [1.54, 1.807) is 6.92 Å². The van der Waals surface area contributed by atoms with Crippen molar-refractivity contribution in [1.29, 1.82) is 0 Å². The Kier molecular flexibility index (Phi) is 15.6. The predicted molar refractivity (Wildman–Crippen MR) is 31.1 cm³/mol. The molecule has 0 aliphatic rings. The van der Waals surface area contributed by atoms with E-state index in [2.05, 4.69) is 18.2 Å². The smallest absolute Gasteiger partial charge is 0.333 e. The summed E-state index contributed by atoms with van der Waals surface area (Å²) in [4.78, 5) is 10.4. The summed E-state index contributed by atoms with van der Waals surface area (Å²) in [5, 5.41) is 0. The summed E-state index contributed by atoms with van der Waals surface area (Å²) < 4.78 is 4.50. The Morgan fingerprint density at radius 2 is 2.00 bits per heavy atom. The normalized spacial score (nSPS) is 6.60. The van der Waals surface area contributed by atoms with E-state index in [4.69, 9.17) is 0 Å². The number of rotatable bonds is 2. The molecule has 0 aromatic carbocycles. The maximum atomic E-state index is 10.4. The van der Waals surface area contributed by atoms with Gasteiger partial charge in [0.15, 0.2) is 0 Å². The minimum Gasteiger partial charge on any atom is -1.00 e. The van der Waals surface area contributed by atoms with E-state index in [-0.39, 0.29) is 42.0 Å². The number of ether oxygens (including phenoxy) is 1. The standard InChI is InChI=1S/C6H9O2.BrH.Zn/c1-4-8-6(7)5(2)3;;/h2-4H2,1H3;1H;/p-1. The molecule has 0 N–H and O–H groups in total. The fourth-order valence-corrected chi connectivity index (χ4v) is 0.233. The van der Waals surface area contributed by atoms with Crippen molar-refractivity contribution in [2.75, 3.05) is 6.61 Å².